The molecule has 0 spiro atoms. The smallest absolute Gasteiger partial charge is 0.119 e. The fourth-order valence-corrected chi connectivity index (χ4v) is 3.18. The Kier molecular flexibility index (Phi) is 5.21. The zero-order valence-electron chi connectivity index (χ0n) is 14.5. The van der Waals surface area contributed by atoms with Gasteiger partial charge in [0.1, 0.15) is 5.75 Å². The van der Waals surface area contributed by atoms with Crippen molar-refractivity contribution < 1.29 is 4.74 Å². The summed E-state index contributed by atoms with van der Waals surface area (Å²) >= 11 is 0. The van der Waals surface area contributed by atoms with Crippen LogP contribution in [0.1, 0.15) is 36.0 Å². The van der Waals surface area contributed by atoms with Crippen LogP contribution >= 0.6 is 0 Å². The van der Waals surface area contributed by atoms with Gasteiger partial charge in [-0.3, -0.25) is 0 Å². The number of benzene rings is 2. The van der Waals surface area contributed by atoms with E-state index in [-0.39, 0.29) is 0 Å². The number of hydrogen-bond donors (Lipinski definition) is 2. The van der Waals surface area contributed by atoms with Crippen molar-refractivity contribution in [2.75, 3.05) is 13.2 Å². The number of ether oxygens (including phenoxy) is 1. The van der Waals surface area contributed by atoms with Crippen molar-refractivity contribution in [1.29, 1.82) is 0 Å². The Hall–Kier alpha value is -2.26. The number of fused-ring (bicyclic) bond motifs is 1. The van der Waals surface area contributed by atoms with Gasteiger partial charge in [-0.2, -0.15) is 0 Å². The van der Waals surface area contributed by atoms with Gasteiger partial charge >= 0.3 is 0 Å². The van der Waals surface area contributed by atoms with E-state index in [1.165, 1.54) is 27.6 Å². The summed E-state index contributed by atoms with van der Waals surface area (Å²) in [6.45, 7) is 5.63. The van der Waals surface area contributed by atoms with Gasteiger partial charge in [0, 0.05) is 23.0 Å². The number of hydrogen-bond acceptors (Lipinski definition) is 2. The van der Waals surface area contributed by atoms with Gasteiger partial charge in [0.2, 0.25) is 0 Å². The molecule has 0 saturated carbocycles. The molecule has 0 radical (unpaired) electrons. The Labute approximate surface area is 143 Å². The standard InChI is InChI=1S/C21H26N2O/c1-3-9-24-18-6-4-5-16(12-18)11-17(13-22)20-14-23-21-8-7-15(2)10-19(20)21/h4-8,10,12,14,17,23H,3,9,11,13,22H2,1-2H3. The second kappa shape index (κ2) is 7.54. The average Bonchev–Trinajstić information content (AvgIpc) is 3.01. The molecule has 0 saturated heterocycles. The second-order valence-electron chi connectivity index (χ2n) is 6.43. The molecule has 3 nitrogen and oxygen atoms in total. The molecule has 3 rings (SSSR count). The number of aryl methyl sites for hydroxylation is 1. The minimum absolute atomic E-state index is 0.293. The lowest BCUT2D eigenvalue weighted by atomic mass is 9.91. The average molecular weight is 322 g/mol. The first-order valence-electron chi connectivity index (χ1n) is 8.70. The van der Waals surface area contributed by atoms with Crippen LogP contribution in [0.15, 0.2) is 48.7 Å². The number of aromatic nitrogens is 1. The van der Waals surface area contributed by atoms with Crippen LogP contribution in [0.3, 0.4) is 0 Å². The van der Waals surface area contributed by atoms with Gasteiger partial charge in [-0.1, -0.05) is 30.7 Å². The fraction of sp³-hybridized carbons (Fsp3) is 0.333. The van der Waals surface area contributed by atoms with Gasteiger partial charge in [-0.15, -0.1) is 0 Å². The predicted molar refractivity (Wildman–Crippen MR) is 101 cm³/mol. The molecule has 0 aliphatic carbocycles. The number of H-pyrrole nitrogens is 1. The van der Waals surface area contributed by atoms with Gasteiger partial charge in [0.15, 0.2) is 0 Å². The number of aromatic amines is 1. The SMILES string of the molecule is CCCOc1cccc(CC(CN)c2c[nH]c3ccc(C)cc23)c1. The Morgan fingerprint density at radius 3 is 2.83 bits per heavy atom. The van der Waals surface area contributed by atoms with Gasteiger partial charge in [0.25, 0.3) is 0 Å². The molecule has 3 aromatic rings. The molecule has 1 atom stereocenters. The van der Waals surface area contributed by atoms with E-state index in [1.54, 1.807) is 0 Å². The summed E-state index contributed by atoms with van der Waals surface area (Å²) in [6.07, 6.45) is 4.05. The molecule has 0 aliphatic heterocycles. The van der Waals surface area contributed by atoms with Crippen molar-refractivity contribution in [2.24, 2.45) is 5.73 Å². The van der Waals surface area contributed by atoms with Crippen LogP contribution in [-0.2, 0) is 6.42 Å². The summed E-state index contributed by atoms with van der Waals surface area (Å²) < 4.78 is 5.75. The third-order valence-electron chi connectivity index (χ3n) is 4.45. The van der Waals surface area contributed by atoms with Crippen molar-refractivity contribution in [3.8, 4) is 5.75 Å². The van der Waals surface area contributed by atoms with E-state index in [4.69, 9.17) is 10.5 Å². The molecule has 3 N–H and O–H groups in total. The summed E-state index contributed by atoms with van der Waals surface area (Å²) in [6, 6.07) is 14.9. The van der Waals surface area contributed by atoms with E-state index in [0.717, 1.165) is 25.2 Å². The quantitative estimate of drug-likeness (QED) is 0.670. The zero-order chi connectivity index (χ0) is 16.9. The molecule has 0 fully saturated rings. The molecule has 2 aromatic carbocycles. The van der Waals surface area contributed by atoms with E-state index in [2.05, 4.69) is 61.4 Å². The van der Waals surface area contributed by atoms with Crippen LogP contribution in [0.2, 0.25) is 0 Å². The first-order chi connectivity index (χ1) is 11.7. The lowest BCUT2D eigenvalue weighted by Gasteiger charge is -2.15. The monoisotopic (exact) mass is 322 g/mol. The highest BCUT2D eigenvalue weighted by Crippen LogP contribution is 2.29. The third-order valence-corrected chi connectivity index (χ3v) is 4.45. The van der Waals surface area contributed by atoms with Crippen molar-refractivity contribution >= 4 is 10.9 Å². The molecule has 24 heavy (non-hydrogen) atoms. The van der Waals surface area contributed by atoms with Crippen molar-refractivity contribution in [3.05, 3.63) is 65.4 Å². The van der Waals surface area contributed by atoms with Crippen LogP contribution in [0.25, 0.3) is 10.9 Å². The highest BCUT2D eigenvalue weighted by atomic mass is 16.5. The van der Waals surface area contributed by atoms with Gasteiger partial charge in [0.05, 0.1) is 6.61 Å². The fourth-order valence-electron chi connectivity index (χ4n) is 3.18. The summed E-state index contributed by atoms with van der Waals surface area (Å²) in [5.74, 6) is 1.24. The van der Waals surface area contributed by atoms with Crippen molar-refractivity contribution in [1.82, 2.24) is 4.98 Å². The largest absolute Gasteiger partial charge is 0.494 e. The number of nitrogens with one attached hydrogen (secondary N) is 1. The van der Waals surface area contributed by atoms with Crippen LogP contribution in [0.4, 0.5) is 0 Å². The van der Waals surface area contributed by atoms with Crippen LogP contribution in [0, 0.1) is 6.92 Å². The molecule has 0 bridgehead atoms. The Morgan fingerprint density at radius 2 is 2.04 bits per heavy atom. The van der Waals surface area contributed by atoms with Gasteiger partial charge in [-0.25, -0.2) is 0 Å². The lowest BCUT2D eigenvalue weighted by Crippen LogP contribution is -2.14. The number of rotatable bonds is 7. The van der Waals surface area contributed by atoms with Gasteiger partial charge < -0.3 is 15.5 Å². The van der Waals surface area contributed by atoms with Gasteiger partial charge in [-0.05, 0) is 61.7 Å². The molecule has 0 amide bonds. The first kappa shape index (κ1) is 16.6. The van der Waals surface area contributed by atoms with E-state index in [0.29, 0.717) is 12.5 Å². The normalized spacial score (nSPS) is 12.5. The third kappa shape index (κ3) is 3.62. The summed E-state index contributed by atoms with van der Waals surface area (Å²) in [4.78, 5) is 3.37. The Morgan fingerprint density at radius 1 is 1.17 bits per heavy atom. The maximum atomic E-state index is 6.11. The minimum Gasteiger partial charge on any atom is -0.494 e. The van der Waals surface area contributed by atoms with E-state index in [1.807, 2.05) is 6.07 Å². The molecule has 1 heterocycles. The molecule has 126 valence electrons. The minimum atomic E-state index is 0.293. The summed E-state index contributed by atoms with van der Waals surface area (Å²) in [5, 5.41) is 1.28. The Balaban J connectivity index is 1.85. The first-order valence-corrected chi connectivity index (χ1v) is 8.70. The van der Waals surface area contributed by atoms with Crippen LogP contribution < -0.4 is 10.5 Å². The maximum Gasteiger partial charge on any atom is 0.119 e. The summed E-state index contributed by atoms with van der Waals surface area (Å²) in [5.41, 5.74) is 11.1. The van der Waals surface area contributed by atoms with E-state index >= 15 is 0 Å². The molecule has 0 aliphatic rings. The molecular weight excluding hydrogens is 296 g/mol. The van der Waals surface area contributed by atoms with Crippen molar-refractivity contribution in [2.45, 2.75) is 32.6 Å². The molecule has 1 unspecified atom stereocenters. The topological polar surface area (TPSA) is 51.0 Å². The maximum absolute atomic E-state index is 6.11. The molecule has 3 heteroatoms. The van der Waals surface area contributed by atoms with E-state index in [9.17, 15) is 0 Å². The lowest BCUT2D eigenvalue weighted by molar-refractivity contribution is 0.317. The summed E-state index contributed by atoms with van der Waals surface area (Å²) in [7, 11) is 0. The van der Waals surface area contributed by atoms with Crippen molar-refractivity contribution in [3.63, 3.8) is 0 Å². The van der Waals surface area contributed by atoms with Crippen LogP contribution in [-0.4, -0.2) is 18.1 Å². The highest BCUT2D eigenvalue weighted by Gasteiger charge is 2.15. The number of nitrogens with two attached hydrogens (primary N) is 1. The van der Waals surface area contributed by atoms with E-state index < -0.39 is 0 Å². The van der Waals surface area contributed by atoms with Crippen LogP contribution in [0.5, 0.6) is 5.75 Å². The second-order valence-corrected chi connectivity index (χ2v) is 6.43. The Bertz CT molecular complexity index is 806. The molecule has 1 aromatic heterocycles. The zero-order valence-corrected chi connectivity index (χ0v) is 14.5. The highest BCUT2D eigenvalue weighted by molar-refractivity contribution is 5.84. The predicted octanol–water partition coefficient (Wildman–Crippen LogP) is 4.55. The molecular formula is C21H26N2O.